The quantitative estimate of drug-likeness (QED) is 0.590. The van der Waals surface area contributed by atoms with E-state index < -0.39 is 11.5 Å². The van der Waals surface area contributed by atoms with E-state index in [2.05, 4.69) is 9.97 Å². The van der Waals surface area contributed by atoms with Crippen molar-refractivity contribution in [2.45, 2.75) is 13.8 Å². The van der Waals surface area contributed by atoms with Gasteiger partial charge in [0.1, 0.15) is 0 Å². The third-order valence-corrected chi connectivity index (χ3v) is 1.57. The number of nitrogens with zero attached hydrogens (tertiary/aromatic N) is 1. The van der Waals surface area contributed by atoms with Gasteiger partial charge in [0.2, 0.25) is 0 Å². The monoisotopic (exact) mass is 167 g/mol. The maximum Gasteiger partial charge on any atom is 0.279 e. The van der Waals surface area contributed by atoms with Crippen molar-refractivity contribution in [1.82, 2.24) is 9.97 Å². The molecule has 5 heteroatoms. The number of hydrogen-bond acceptors (Lipinski definition) is 3. The second kappa shape index (κ2) is 2.77. The average Bonchev–Trinajstić information content (AvgIpc) is 1.96. The molecule has 1 aromatic rings. The highest BCUT2D eigenvalue weighted by Gasteiger charge is 2.09. The van der Waals surface area contributed by atoms with Gasteiger partial charge in [-0.2, -0.15) is 0 Å². The van der Waals surface area contributed by atoms with Crippen molar-refractivity contribution in [1.29, 1.82) is 0 Å². The van der Waals surface area contributed by atoms with Crippen LogP contribution in [-0.4, -0.2) is 15.9 Å². The first kappa shape index (κ1) is 8.45. The topological polar surface area (TPSA) is 88.8 Å². The summed E-state index contributed by atoms with van der Waals surface area (Å²) in [4.78, 5) is 27.9. The lowest BCUT2D eigenvalue weighted by atomic mass is 10.3. The lowest BCUT2D eigenvalue weighted by Gasteiger charge is -1.99. The molecule has 0 saturated carbocycles. The van der Waals surface area contributed by atoms with Gasteiger partial charge in [0.05, 0.1) is 5.69 Å². The molecule has 0 bridgehead atoms. The van der Waals surface area contributed by atoms with Crippen molar-refractivity contribution in [3.8, 4) is 0 Å². The SMILES string of the molecule is Cc1nc(C(N)=O)c(=O)[nH]c1C. The van der Waals surface area contributed by atoms with Crippen molar-refractivity contribution in [3.05, 3.63) is 27.4 Å². The molecule has 0 aliphatic carbocycles. The van der Waals surface area contributed by atoms with Crippen LogP contribution in [0.5, 0.6) is 0 Å². The third kappa shape index (κ3) is 1.34. The van der Waals surface area contributed by atoms with Crippen LogP contribution in [0.15, 0.2) is 4.79 Å². The van der Waals surface area contributed by atoms with Gasteiger partial charge in [-0.1, -0.05) is 0 Å². The predicted octanol–water partition coefficient (Wildman–Crippen LogP) is -0.514. The van der Waals surface area contributed by atoms with E-state index in [9.17, 15) is 9.59 Å². The molecule has 1 amide bonds. The first-order chi connectivity index (χ1) is 5.52. The standard InChI is InChI=1S/C7H9N3O2/c1-3-4(2)10-7(12)5(9-3)6(8)11/h1-2H3,(H2,8,11)(H,10,12). The number of rotatable bonds is 1. The van der Waals surface area contributed by atoms with Crippen molar-refractivity contribution < 1.29 is 4.79 Å². The number of primary amides is 1. The number of nitrogens with two attached hydrogens (primary N) is 1. The van der Waals surface area contributed by atoms with Gasteiger partial charge in [0, 0.05) is 5.69 Å². The van der Waals surface area contributed by atoms with E-state index >= 15 is 0 Å². The Hall–Kier alpha value is -1.65. The Balaban J connectivity index is 3.43. The highest BCUT2D eigenvalue weighted by molar-refractivity contribution is 5.90. The van der Waals surface area contributed by atoms with E-state index in [1.54, 1.807) is 13.8 Å². The fourth-order valence-electron chi connectivity index (χ4n) is 0.789. The minimum absolute atomic E-state index is 0.238. The molecule has 1 heterocycles. The van der Waals surface area contributed by atoms with E-state index in [4.69, 9.17) is 5.73 Å². The summed E-state index contributed by atoms with van der Waals surface area (Å²) in [5, 5.41) is 0. The van der Waals surface area contributed by atoms with Gasteiger partial charge in [-0.15, -0.1) is 0 Å². The third-order valence-electron chi connectivity index (χ3n) is 1.57. The Morgan fingerprint density at radius 3 is 2.58 bits per heavy atom. The summed E-state index contributed by atoms with van der Waals surface area (Å²) in [7, 11) is 0. The number of hydrogen-bond donors (Lipinski definition) is 2. The minimum atomic E-state index is -0.806. The Kier molecular flexibility index (Phi) is 1.95. The van der Waals surface area contributed by atoms with Crippen LogP contribution in [0.4, 0.5) is 0 Å². The van der Waals surface area contributed by atoms with Crippen LogP contribution in [0.2, 0.25) is 0 Å². The number of H-pyrrole nitrogens is 1. The Labute approximate surface area is 68.6 Å². The lowest BCUT2D eigenvalue weighted by Crippen LogP contribution is -2.26. The molecule has 0 saturated heterocycles. The highest BCUT2D eigenvalue weighted by Crippen LogP contribution is 1.95. The van der Waals surface area contributed by atoms with Crippen LogP contribution in [0.25, 0.3) is 0 Å². The van der Waals surface area contributed by atoms with Crippen molar-refractivity contribution in [3.63, 3.8) is 0 Å². The number of amides is 1. The molecule has 0 radical (unpaired) electrons. The molecular weight excluding hydrogens is 158 g/mol. The van der Waals surface area contributed by atoms with Crippen molar-refractivity contribution >= 4 is 5.91 Å². The molecule has 1 aromatic heterocycles. The Bertz CT molecular complexity index is 381. The van der Waals surface area contributed by atoms with E-state index in [0.717, 1.165) is 0 Å². The van der Waals surface area contributed by atoms with Crippen LogP contribution in [0.3, 0.4) is 0 Å². The lowest BCUT2D eigenvalue weighted by molar-refractivity contribution is 0.0993. The minimum Gasteiger partial charge on any atom is -0.364 e. The van der Waals surface area contributed by atoms with Crippen molar-refractivity contribution in [2.75, 3.05) is 0 Å². The van der Waals surface area contributed by atoms with Gasteiger partial charge < -0.3 is 10.7 Å². The fourth-order valence-corrected chi connectivity index (χ4v) is 0.789. The Morgan fingerprint density at radius 1 is 1.50 bits per heavy atom. The van der Waals surface area contributed by atoms with E-state index in [0.29, 0.717) is 11.4 Å². The number of aryl methyl sites for hydroxylation is 2. The molecule has 0 fully saturated rings. The number of carbonyl (C=O) groups is 1. The first-order valence-electron chi connectivity index (χ1n) is 3.39. The molecule has 3 N–H and O–H groups in total. The second-order valence-corrected chi connectivity index (χ2v) is 2.49. The zero-order valence-corrected chi connectivity index (χ0v) is 6.84. The predicted molar refractivity (Wildman–Crippen MR) is 42.8 cm³/mol. The fraction of sp³-hybridized carbons (Fsp3) is 0.286. The highest BCUT2D eigenvalue weighted by atomic mass is 16.2. The van der Waals surface area contributed by atoms with Gasteiger partial charge in [-0.25, -0.2) is 4.98 Å². The molecule has 0 unspecified atom stereocenters. The summed E-state index contributed by atoms with van der Waals surface area (Å²) in [6, 6.07) is 0. The maximum absolute atomic E-state index is 11.0. The van der Waals surface area contributed by atoms with Crippen LogP contribution in [-0.2, 0) is 0 Å². The zero-order chi connectivity index (χ0) is 9.30. The van der Waals surface area contributed by atoms with Gasteiger partial charge >= 0.3 is 0 Å². The molecule has 1 rings (SSSR count). The summed E-state index contributed by atoms with van der Waals surface area (Å²) in [6.07, 6.45) is 0. The molecular formula is C7H9N3O2. The number of aromatic amines is 1. The second-order valence-electron chi connectivity index (χ2n) is 2.49. The van der Waals surface area contributed by atoms with Crippen LogP contribution in [0.1, 0.15) is 21.9 Å². The molecule has 0 spiro atoms. The summed E-state index contributed by atoms with van der Waals surface area (Å²) < 4.78 is 0. The van der Waals surface area contributed by atoms with Crippen molar-refractivity contribution in [2.24, 2.45) is 5.73 Å². The molecule has 0 aliphatic heterocycles. The summed E-state index contributed by atoms with van der Waals surface area (Å²) >= 11 is 0. The summed E-state index contributed by atoms with van der Waals surface area (Å²) in [5.74, 6) is -0.806. The molecule has 12 heavy (non-hydrogen) atoms. The molecule has 5 nitrogen and oxygen atoms in total. The molecule has 0 aromatic carbocycles. The summed E-state index contributed by atoms with van der Waals surface area (Å²) in [5.41, 5.74) is 5.38. The smallest absolute Gasteiger partial charge is 0.279 e. The molecule has 0 aliphatic rings. The van der Waals surface area contributed by atoms with Crippen LogP contribution in [0, 0.1) is 13.8 Å². The normalized spacial score (nSPS) is 9.83. The first-order valence-corrected chi connectivity index (χ1v) is 3.39. The van der Waals surface area contributed by atoms with E-state index in [-0.39, 0.29) is 5.69 Å². The van der Waals surface area contributed by atoms with E-state index in [1.807, 2.05) is 0 Å². The number of aromatic nitrogens is 2. The largest absolute Gasteiger partial charge is 0.364 e. The van der Waals surface area contributed by atoms with Crippen LogP contribution < -0.4 is 11.3 Å². The summed E-state index contributed by atoms with van der Waals surface area (Å²) in [6.45, 7) is 3.40. The van der Waals surface area contributed by atoms with Gasteiger partial charge in [0.25, 0.3) is 11.5 Å². The van der Waals surface area contributed by atoms with Crippen LogP contribution >= 0.6 is 0 Å². The number of carbonyl (C=O) groups excluding carboxylic acids is 1. The Morgan fingerprint density at radius 2 is 2.08 bits per heavy atom. The average molecular weight is 167 g/mol. The molecule has 0 atom stereocenters. The van der Waals surface area contributed by atoms with Gasteiger partial charge in [-0.05, 0) is 13.8 Å². The van der Waals surface area contributed by atoms with Gasteiger partial charge in [0.15, 0.2) is 5.69 Å². The molecule has 64 valence electrons. The van der Waals surface area contributed by atoms with E-state index in [1.165, 1.54) is 0 Å². The van der Waals surface area contributed by atoms with Gasteiger partial charge in [-0.3, -0.25) is 9.59 Å². The number of nitrogens with one attached hydrogen (secondary N) is 1. The zero-order valence-electron chi connectivity index (χ0n) is 6.84. The maximum atomic E-state index is 11.0.